The van der Waals surface area contributed by atoms with Crippen molar-refractivity contribution < 1.29 is 35.9 Å². The van der Waals surface area contributed by atoms with Crippen molar-refractivity contribution in [3.8, 4) is 0 Å². The fraction of sp³-hybridized carbons (Fsp3) is 0.500. The van der Waals surface area contributed by atoms with E-state index in [1.807, 2.05) is 13.8 Å². The van der Waals surface area contributed by atoms with E-state index in [1.54, 1.807) is 19.3 Å². The monoisotopic (exact) mass is 493 g/mol. The molecule has 0 aliphatic rings. The molecule has 0 bridgehead atoms. The van der Waals surface area contributed by atoms with Gasteiger partial charge < -0.3 is 10.1 Å². The van der Waals surface area contributed by atoms with E-state index in [4.69, 9.17) is 10.1 Å². The van der Waals surface area contributed by atoms with Gasteiger partial charge >= 0.3 is 0 Å². The first-order valence-corrected chi connectivity index (χ1v) is 5.89. The van der Waals surface area contributed by atoms with E-state index in [-0.39, 0.29) is 35.9 Å². The second-order valence-corrected chi connectivity index (χ2v) is 5.93. The standard InChI is InChI=1S/C10H15NO.C4H10S.U/c1-5-10(12-4)9(3)8(2)6-7-11;1-4(2,3)5;/h5-7,11H,1H2,2-4H3;5H,1-3H3;/b8-6+,10-9+,11-7?;;. The molecule has 0 aliphatic heterocycles. The average molecular weight is 493 g/mol. The Balaban J connectivity index is -0.000000321. The Hall–Kier alpha value is 0.0919. The van der Waals surface area contributed by atoms with Crippen LogP contribution in [-0.2, 0) is 4.74 Å². The second kappa shape index (κ2) is 12.1. The first-order valence-electron chi connectivity index (χ1n) is 5.44. The summed E-state index contributed by atoms with van der Waals surface area (Å²) in [5, 5.41) is 6.89. The van der Waals surface area contributed by atoms with Gasteiger partial charge in [0.15, 0.2) is 0 Å². The molecule has 0 heterocycles. The van der Waals surface area contributed by atoms with E-state index in [2.05, 4.69) is 40.0 Å². The maximum absolute atomic E-state index is 6.89. The van der Waals surface area contributed by atoms with Gasteiger partial charge in [-0.25, -0.2) is 0 Å². The van der Waals surface area contributed by atoms with Gasteiger partial charge in [0.1, 0.15) is 5.76 Å². The number of methoxy groups -OCH3 is 1. The van der Waals surface area contributed by atoms with Gasteiger partial charge in [0.05, 0.1) is 7.11 Å². The Labute approximate surface area is 141 Å². The van der Waals surface area contributed by atoms with E-state index in [1.165, 1.54) is 6.21 Å². The van der Waals surface area contributed by atoms with Crippen LogP contribution < -0.4 is 0 Å². The molecule has 0 aliphatic carbocycles. The third kappa shape index (κ3) is 16.1. The molecule has 1 N–H and O–H groups in total. The molecular weight excluding hydrogens is 468 g/mol. The molecular formula is C14H25NOSU. The molecule has 0 aromatic rings. The van der Waals surface area contributed by atoms with Crippen molar-refractivity contribution in [3.05, 3.63) is 35.6 Å². The Kier molecular flexibility index (Phi) is 15.7. The van der Waals surface area contributed by atoms with E-state index < -0.39 is 0 Å². The van der Waals surface area contributed by atoms with Crippen LogP contribution in [0.25, 0.3) is 0 Å². The molecule has 2 nitrogen and oxygen atoms in total. The van der Waals surface area contributed by atoms with Crippen LogP contribution >= 0.6 is 12.6 Å². The van der Waals surface area contributed by atoms with Crippen molar-refractivity contribution in [2.45, 2.75) is 39.4 Å². The van der Waals surface area contributed by atoms with E-state index in [0.717, 1.165) is 16.9 Å². The Morgan fingerprint density at radius 3 is 1.89 bits per heavy atom. The molecule has 0 saturated carbocycles. The molecule has 0 rings (SSSR count). The molecule has 4 heteroatoms. The maximum atomic E-state index is 6.89. The zero-order chi connectivity index (χ0) is 14.1. The van der Waals surface area contributed by atoms with Crippen LogP contribution in [0, 0.1) is 36.5 Å². The van der Waals surface area contributed by atoms with E-state index >= 15 is 0 Å². The van der Waals surface area contributed by atoms with Gasteiger partial charge in [0.25, 0.3) is 0 Å². The van der Waals surface area contributed by atoms with Crippen LogP contribution in [0.5, 0.6) is 0 Å². The van der Waals surface area contributed by atoms with Gasteiger partial charge in [-0.05, 0) is 37.1 Å². The summed E-state index contributed by atoms with van der Waals surface area (Å²) in [4.78, 5) is 0. The van der Waals surface area contributed by atoms with Crippen molar-refractivity contribution >= 4 is 18.8 Å². The first kappa shape index (κ1) is 23.2. The summed E-state index contributed by atoms with van der Waals surface area (Å²) < 4.78 is 5.27. The van der Waals surface area contributed by atoms with Gasteiger partial charge in [0, 0.05) is 42.1 Å². The van der Waals surface area contributed by atoms with Crippen molar-refractivity contribution in [3.63, 3.8) is 0 Å². The fourth-order valence-electron chi connectivity index (χ4n) is 0.834. The van der Waals surface area contributed by atoms with Crippen LogP contribution in [0.15, 0.2) is 35.6 Å². The van der Waals surface area contributed by atoms with Crippen molar-refractivity contribution in [1.82, 2.24) is 0 Å². The zero-order valence-electron chi connectivity index (χ0n) is 12.3. The third-order valence-corrected chi connectivity index (χ3v) is 1.70. The van der Waals surface area contributed by atoms with Crippen molar-refractivity contribution in [2.75, 3.05) is 7.11 Å². The van der Waals surface area contributed by atoms with Gasteiger partial charge in [-0.1, -0.05) is 27.4 Å². The summed E-state index contributed by atoms with van der Waals surface area (Å²) in [7, 11) is 1.61. The van der Waals surface area contributed by atoms with Gasteiger partial charge in [0.2, 0.25) is 0 Å². The molecule has 0 spiro atoms. The number of hydrogen-bond donors (Lipinski definition) is 2. The van der Waals surface area contributed by atoms with Crippen molar-refractivity contribution in [1.29, 1.82) is 5.41 Å². The molecule has 18 heavy (non-hydrogen) atoms. The Bertz CT molecular complexity index is 308. The minimum absolute atomic E-state index is 0. The Morgan fingerprint density at radius 2 is 1.67 bits per heavy atom. The predicted molar refractivity (Wildman–Crippen MR) is 81.2 cm³/mol. The second-order valence-electron chi connectivity index (χ2n) is 4.58. The van der Waals surface area contributed by atoms with Gasteiger partial charge in [-0.3, -0.25) is 0 Å². The zero-order valence-corrected chi connectivity index (χ0v) is 17.4. The van der Waals surface area contributed by atoms with Crippen LogP contribution in [0.4, 0.5) is 0 Å². The molecule has 0 atom stereocenters. The van der Waals surface area contributed by atoms with E-state index in [9.17, 15) is 0 Å². The van der Waals surface area contributed by atoms with E-state index in [0.29, 0.717) is 0 Å². The molecule has 0 saturated heterocycles. The fourth-order valence-corrected chi connectivity index (χ4v) is 0.834. The number of ether oxygens (including phenoxy) is 1. The summed E-state index contributed by atoms with van der Waals surface area (Å²) in [5.74, 6) is 0.755. The average Bonchev–Trinajstić information content (AvgIpc) is 2.17. The number of hydrogen-bond acceptors (Lipinski definition) is 3. The minimum atomic E-state index is 0. The Morgan fingerprint density at radius 1 is 1.28 bits per heavy atom. The summed E-state index contributed by atoms with van der Waals surface area (Å²) in [6, 6.07) is 0. The molecule has 0 fully saturated rings. The SMILES string of the molecule is C=C/C(OC)=C(C)\C(C)=C\C=N.CC(C)(C)S.[U]. The summed E-state index contributed by atoms with van der Waals surface area (Å²) in [6.07, 6.45) is 4.64. The smallest absolute Gasteiger partial charge is 0.121 e. The first-order chi connectivity index (χ1) is 7.67. The maximum Gasteiger partial charge on any atom is 0.121 e. The van der Waals surface area contributed by atoms with Gasteiger partial charge in [-0.15, -0.1) is 0 Å². The van der Waals surface area contributed by atoms with Crippen LogP contribution in [0.3, 0.4) is 0 Å². The molecule has 102 valence electrons. The molecule has 0 amide bonds. The topological polar surface area (TPSA) is 33.1 Å². The number of nitrogens with one attached hydrogen (secondary N) is 1. The molecule has 0 aromatic carbocycles. The largest absolute Gasteiger partial charge is 0.497 e. The normalized spacial score (nSPS) is 12.3. The summed E-state index contributed by atoms with van der Waals surface area (Å²) in [5.41, 5.74) is 2.03. The minimum Gasteiger partial charge on any atom is -0.497 e. The molecule has 0 radical (unpaired) electrons. The quantitative estimate of drug-likeness (QED) is 0.259. The predicted octanol–water partition coefficient (Wildman–Crippen LogP) is 4.40. The van der Waals surface area contributed by atoms with Gasteiger partial charge in [-0.2, -0.15) is 12.6 Å². The summed E-state index contributed by atoms with van der Waals surface area (Å²) >= 11 is 4.12. The number of rotatable bonds is 4. The van der Waals surface area contributed by atoms with Crippen LogP contribution in [-0.4, -0.2) is 18.1 Å². The van der Waals surface area contributed by atoms with Crippen LogP contribution in [0.1, 0.15) is 34.6 Å². The number of allylic oxidation sites excluding steroid dienone is 4. The third-order valence-electron chi connectivity index (χ3n) is 1.70. The van der Waals surface area contributed by atoms with Crippen molar-refractivity contribution in [2.24, 2.45) is 0 Å². The molecule has 0 aromatic heterocycles. The van der Waals surface area contributed by atoms with Crippen LogP contribution in [0.2, 0.25) is 0 Å². The summed E-state index contributed by atoms with van der Waals surface area (Å²) in [6.45, 7) is 13.7. The molecule has 0 unspecified atom stereocenters. The number of thiol groups is 1.